The van der Waals surface area contributed by atoms with Gasteiger partial charge < -0.3 is 4.74 Å². The zero-order valence-electron chi connectivity index (χ0n) is 11.5. The first-order valence-electron chi connectivity index (χ1n) is 6.56. The monoisotopic (exact) mass is 278 g/mol. The predicted octanol–water partition coefficient (Wildman–Crippen LogP) is 4.08. The van der Waals surface area contributed by atoms with E-state index in [1.807, 2.05) is 54.7 Å². The number of benzene rings is 2. The van der Waals surface area contributed by atoms with Gasteiger partial charge in [0.2, 0.25) is 0 Å². The summed E-state index contributed by atoms with van der Waals surface area (Å²) in [4.78, 5) is 15.6. The Hall–Kier alpha value is -2.88. The van der Waals surface area contributed by atoms with Crippen LogP contribution in [0.25, 0.3) is 22.0 Å². The molecule has 0 bridgehead atoms. The summed E-state index contributed by atoms with van der Waals surface area (Å²) in [6, 6.07) is 17.7. The fraction of sp³-hybridized carbons (Fsp3) is 0.0588. The number of amides is 1. The molecule has 0 saturated heterocycles. The number of hydrogen-bond donors (Lipinski definition) is 1. The van der Waals surface area contributed by atoms with E-state index in [9.17, 15) is 4.79 Å². The number of nitrogens with zero attached hydrogens (tertiary/aromatic N) is 1. The van der Waals surface area contributed by atoms with Gasteiger partial charge in [-0.3, -0.25) is 10.3 Å². The van der Waals surface area contributed by atoms with Crippen LogP contribution >= 0.6 is 0 Å². The summed E-state index contributed by atoms with van der Waals surface area (Å²) in [5.74, 6) is 0. The van der Waals surface area contributed by atoms with Crippen LogP contribution in [0.2, 0.25) is 0 Å². The highest BCUT2D eigenvalue weighted by atomic mass is 16.5. The third kappa shape index (κ3) is 2.84. The molecule has 1 heterocycles. The number of nitrogens with one attached hydrogen (secondary N) is 1. The molecule has 0 aliphatic rings. The first-order valence-corrected chi connectivity index (χ1v) is 6.56. The van der Waals surface area contributed by atoms with Crippen LogP contribution < -0.4 is 5.32 Å². The number of pyridine rings is 1. The van der Waals surface area contributed by atoms with Crippen molar-refractivity contribution < 1.29 is 9.53 Å². The van der Waals surface area contributed by atoms with Crippen molar-refractivity contribution in [3.63, 3.8) is 0 Å². The van der Waals surface area contributed by atoms with E-state index in [1.165, 1.54) is 7.11 Å². The van der Waals surface area contributed by atoms with Gasteiger partial charge in [0.1, 0.15) is 0 Å². The maximum Gasteiger partial charge on any atom is 0.411 e. The highest BCUT2D eigenvalue weighted by molar-refractivity contribution is 5.86. The average molecular weight is 278 g/mol. The summed E-state index contributed by atoms with van der Waals surface area (Å²) in [5, 5.41) is 3.73. The van der Waals surface area contributed by atoms with Crippen molar-refractivity contribution in [3.05, 3.63) is 60.8 Å². The van der Waals surface area contributed by atoms with Crippen molar-refractivity contribution >= 4 is 22.7 Å². The van der Waals surface area contributed by atoms with Gasteiger partial charge >= 0.3 is 6.09 Å². The second-order valence-corrected chi connectivity index (χ2v) is 4.61. The van der Waals surface area contributed by atoms with E-state index in [0.29, 0.717) is 5.69 Å². The van der Waals surface area contributed by atoms with Gasteiger partial charge in [-0.25, -0.2) is 4.79 Å². The molecule has 0 aliphatic carbocycles. The number of carbonyl (C=O) groups excluding carboxylic acids is 1. The summed E-state index contributed by atoms with van der Waals surface area (Å²) in [5.41, 5.74) is 3.76. The maximum atomic E-state index is 11.1. The Morgan fingerprint density at radius 3 is 2.57 bits per heavy atom. The predicted molar refractivity (Wildman–Crippen MR) is 83.2 cm³/mol. The molecule has 1 N–H and O–H groups in total. The number of ether oxygens (including phenoxy) is 1. The largest absolute Gasteiger partial charge is 0.453 e. The van der Waals surface area contributed by atoms with Crippen molar-refractivity contribution in [2.24, 2.45) is 0 Å². The summed E-state index contributed by atoms with van der Waals surface area (Å²) in [6.45, 7) is 0. The molecule has 1 amide bonds. The van der Waals surface area contributed by atoms with E-state index in [2.05, 4.69) is 21.1 Å². The maximum absolute atomic E-state index is 11.1. The lowest BCUT2D eigenvalue weighted by atomic mass is 10.1. The van der Waals surface area contributed by atoms with Crippen LogP contribution in [0, 0.1) is 0 Å². The Bertz CT molecular complexity index is 782. The first-order chi connectivity index (χ1) is 10.3. The summed E-state index contributed by atoms with van der Waals surface area (Å²) >= 11 is 0. The molecule has 4 nitrogen and oxygen atoms in total. The van der Waals surface area contributed by atoms with Gasteiger partial charge in [-0.15, -0.1) is 0 Å². The molecule has 0 aliphatic heterocycles. The van der Waals surface area contributed by atoms with Crippen LogP contribution in [0.15, 0.2) is 60.8 Å². The Labute approximate surface area is 122 Å². The number of hydrogen-bond acceptors (Lipinski definition) is 3. The molecule has 3 rings (SSSR count). The molecule has 0 unspecified atom stereocenters. The Balaban J connectivity index is 1.90. The molecule has 4 heteroatoms. The van der Waals surface area contributed by atoms with Gasteiger partial charge in [-0.1, -0.05) is 30.3 Å². The standard InChI is InChI=1S/C17H14N2O2/c1-21-17(20)19-15-8-6-12(7-9-15)14-10-13-4-2-3-5-16(13)18-11-14/h2-11H,1H3,(H,19,20). The molecule has 0 radical (unpaired) electrons. The van der Waals surface area contributed by atoms with Crippen LogP contribution in [-0.2, 0) is 4.74 Å². The number of fused-ring (bicyclic) bond motifs is 1. The van der Waals surface area contributed by atoms with Gasteiger partial charge in [-0.05, 0) is 29.8 Å². The highest BCUT2D eigenvalue weighted by Gasteiger charge is 2.03. The molecule has 0 saturated carbocycles. The Kier molecular flexibility index (Phi) is 3.51. The van der Waals surface area contributed by atoms with Gasteiger partial charge in [0, 0.05) is 22.8 Å². The molecule has 1 aromatic heterocycles. The molecule has 0 spiro atoms. The lowest BCUT2D eigenvalue weighted by Gasteiger charge is -2.06. The molecule has 2 aromatic carbocycles. The minimum absolute atomic E-state index is 0.477. The molecule has 3 aromatic rings. The number of anilines is 1. The van der Waals surface area contributed by atoms with Gasteiger partial charge in [0.05, 0.1) is 12.6 Å². The van der Waals surface area contributed by atoms with Crippen molar-refractivity contribution in [1.82, 2.24) is 4.98 Å². The van der Waals surface area contributed by atoms with E-state index in [-0.39, 0.29) is 0 Å². The van der Waals surface area contributed by atoms with Crippen molar-refractivity contribution in [3.8, 4) is 11.1 Å². The second kappa shape index (κ2) is 5.63. The minimum atomic E-state index is -0.477. The Morgan fingerprint density at radius 2 is 1.81 bits per heavy atom. The van der Waals surface area contributed by atoms with Crippen LogP contribution in [0.1, 0.15) is 0 Å². The zero-order chi connectivity index (χ0) is 14.7. The highest BCUT2D eigenvalue weighted by Crippen LogP contribution is 2.24. The van der Waals surface area contributed by atoms with Crippen LogP contribution in [0.3, 0.4) is 0 Å². The number of aromatic nitrogens is 1. The van der Waals surface area contributed by atoms with E-state index < -0.39 is 6.09 Å². The Morgan fingerprint density at radius 1 is 1.05 bits per heavy atom. The minimum Gasteiger partial charge on any atom is -0.453 e. The molecule has 0 fully saturated rings. The van der Waals surface area contributed by atoms with Crippen LogP contribution in [0.5, 0.6) is 0 Å². The topological polar surface area (TPSA) is 51.2 Å². The molecule has 0 atom stereocenters. The fourth-order valence-corrected chi connectivity index (χ4v) is 2.14. The summed E-state index contributed by atoms with van der Waals surface area (Å²) < 4.78 is 4.56. The van der Waals surface area contributed by atoms with Gasteiger partial charge in [0.15, 0.2) is 0 Å². The molecular formula is C17H14N2O2. The molecule has 21 heavy (non-hydrogen) atoms. The average Bonchev–Trinajstić information content (AvgIpc) is 2.55. The van der Waals surface area contributed by atoms with Crippen molar-refractivity contribution in [2.75, 3.05) is 12.4 Å². The van der Waals surface area contributed by atoms with Crippen LogP contribution in [-0.4, -0.2) is 18.2 Å². The van der Waals surface area contributed by atoms with Crippen LogP contribution in [0.4, 0.5) is 10.5 Å². The smallest absolute Gasteiger partial charge is 0.411 e. The fourth-order valence-electron chi connectivity index (χ4n) is 2.14. The summed E-state index contributed by atoms with van der Waals surface area (Å²) in [6.07, 6.45) is 1.38. The van der Waals surface area contributed by atoms with Gasteiger partial charge in [-0.2, -0.15) is 0 Å². The number of para-hydroxylation sites is 1. The third-order valence-corrected chi connectivity index (χ3v) is 3.24. The first kappa shape index (κ1) is 13.1. The van der Waals surface area contributed by atoms with E-state index in [4.69, 9.17) is 0 Å². The number of rotatable bonds is 2. The normalized spacial score (nSPS) is 10.3. The quantitative estimate of drug-likeness (QED) is 0.768. The number of carbonyl (C=O) groups is 1. The number of methoxy groups -OCH3 is 1. The molecule has 104 valence electrons. The SMILES string of the molecule is COC(=O)Nc1ccc(-c2cnc3ccccc3c2)cc1. The van der Waals surface area contributed by atoms with E-state index in [0.717, 1.165) is 22.0 Å². The van der Waals surface area contributed by atoms with E-state index >= 15 is 0 Å². The lowest BCUT2D eigenvalue weighted by Crippen LogP contribution is -2.10. The van der Waals surface area contributed by atoms with Crippen molar-refractivity contribution in [1.29, 1.82) is 0 Å². The second-order valence-electron chi connectivity index (χ2n) is 4.61. The van der Waals surface area contributed by atoms with Gasteiger partial charge in [0.25, 0.3) is 0 Å². The molecular weight excluding hydrogens is 264 g/mol. The van der Waals surface area contributed by atoms with E-state index in [1.54, 1.807) is 0 Å². The lowest BCUT2D eigenvalue weighted by molar-refractivity contribution is 0.187. The third-order valence-electron chi connectivity index (χ3n) is 3.24. The summed E-state index contributed by atoms with van der Waals surface area (Å²) in [7, 11) is 1.34. The zero-order valence-corrected chi connectivity index (χ0v) is 11.5. The van der Waals surface area contributed by atoms with Crippen molar-refractivity contribution in [2.45, 2.75) is 0 Å².